The van der Waals surface area contributed by atoms with E-state index in [2.05, 4.69) is 5.32 Å². The van der Waals surface area contributed by atoms with Crippen molar-refractivity contribution in [3.63, 3.8) is 0 Å². The standard InChI is InChI=1S/C15H22N2O3/c1-11-5-3-4-6-14(11)20-10-12(18)9-16-13-7-8-17(2)15(13)19/h3-6,12-13,16,18H,7-10H2,1-2H3. The van der Waals surface area contributed by atoms with Crippen molar-refractivity contribution in [2.24, 2.45) is 0 Å². The van der Waals surface area contributed by atoms with Gasteiger partial charge in [0.1, 0.15) is 18.5 Å². The third-order valence-electron chi connectivity index (χ3n) is 3.55. The maximum Gasteiger partial charge on any atom is 0.239 e. The first-order valence-electron chi connectivity index (χ1n) is 6.93. The number of rotatable bonds is 6. The van der Waals surface area contributed by atoms with Gasteiger partial charge >= 0.3 is 0 Å². The van der Waals surface area contributed by atoms with E-state index in [9.17, 15) is 9.90 Å². The Hall–Kier alpha value is -1.59. The second kappa shape index (κ2) is 6.72. The summed E-state index contributed by atoms with van der Waals surface area (Å²) >= 11 is 0. The molecule has 1 saturated heterocycles. The number of likely N-dealkylation sites (tertiary alicyclic amines) is 1. The Morgan fingerprint density at radius 3 is 2.90 bits per heavy atom. The minimum absolute atomic E-state index is 0.0945. The SMILES string of the molecule is Cc1ccccc1OCC(O)CNC1CCN(C)C1=O. The number of likely N-dealkylation sites (N-methyl/N-ethyl adjacent to an activating group) is 1. The van der Waals surface area contributed by atoms with Gasteiger partial charge < -0.3 is 20.1 Å². The Morgan fingerprint density at radius 2 is 2.25 bits per heavy atom. The molecule has 0 radical (unpaired) electrons. The van der Waals surface area contributed by atoms with E-state index in [1.807, 2.05) is 31.2 Å². The van der Waals surface area contributed by atoms with Crippen LogP contribution in [0.1, 0.15) is 12.0 Å². The Morgan fingerprint density at radius 1 is 1.50 bits per heavy atom. The van der Waals surface area contributed by atoms with E-state index < -0.39 is 6.10 Å². The van der Waals surface area contributed by atoms with Gasteiger partial charge in [-0.3, -0.25) is 4.79 Å². The number of nitrogens with one attached hydrogen (secondary N) is 1. The van der Waals surface area contributed by atoms with Gasteiger partial charge in [0.25, 0.3) is 0 Å². The molecule has 0 aromatic heterocycles. The lowest BCUT2D eigenvalue weighted by molar-refractivity contribution is -0.128. The van der Waals surface area contributed by atoms with E-state index in [0.717, 1.165) is 24.3 Å². The fourth-order valence-corrected chi connectivity index (χ4v) is 2.25. The molecule has 20 heavy (non-hydrogen) atoms. The lowest BCUT2D eigenvalue weighted by atomic mass is 10.2. The number of aryl methyl sites for hydroxylation is 1. The highest BCUT2D eigenvalue weighted by atomic mass is 16.5. The van der Waals surface area contributed by atoms with Crippen molar-refractivity contribution >= 4 is 5.91 Å². The lowest BCUT2D eigenvalue weighted by Crippen LogP contribution is -2.42. The quantitative estimate of drug-likeness (QED) is 0.798. The number of benzene rings is 1. The predicted octanol–water partition coefficient (Wildman–Crippen LogP) is 0.555. The molecule has 110 valence electrons. The monoisotopic (exact) mass is 278 g/mol. The zero-order chi connectivity index (χ0) is 14.5. The molecule has 2 rings (SSSR count). The van der Waals surface area contributed by atoms with Crippen molar-refractivity contribution in [1.82, 2.24) is 10.2 Å². The van der Waals surface area contributed by atoms with Crippen LogP contribution in [-0.4, -0.2) is 54.8 Å². The summed E-state index contributed by atoms with van der Waals surface area (Å²) in [5.74, 6) is 0.875. The van der Waals surface area contributed by atoms with Crippen LogP contribution in [0.4, 0.5) is 0 Å². The van der Waals surface area contributed by atoms with Crippen molar-refractivity contribution in [3.05, 3.63) is 29.8 Å². The van der Waals surface area contributed by atoms with Crippen LogP contribution >= 0.6 is 0 Å². The Kier molecular flexibility index (Phi) is 4.98. The fraction of sp³-hybridized carbons (Fsp3) is 0.533. The van der Waals surface area contributed by atoms with Gasteiger partial charge in [-0.05, 0) is 25.0 Å². The summed E-state index contributed by atoms with van der Waals surface area (Å²) in [6, 6.07) is 7.52. The lowest BCUT2D eigenvalue weighted by Gasteiger charge is -2.17. The number of hydrogen-bond acceptors (Lipinski definition) is 4. The van der Waals surface area contributed by atoms with Gasteiger partial charge in [-0.15, -0.1) is 0 Å². The number of amides is 1. The van der Waals surface area contributed by atoms with Gasteiger partial charge in [-0.2, -0.15) is 0 Å². The van der Waals surface area contributed by atoms with E-state index in [4.69, 9.17) is 4.74 Å². The van der Waals surface area contributed by atoms with Gasteiger partial charge in [0.2, 0.25) is 5.91 Å². The van der Waals surface area contributed by atoms with E-state index in [1.165, 1.54) is 0 Å². The van der Waals surface area contributed by atoms with Gasteiger partial charge in [0.05, 0.1) is 6.04 Å². The Bertz CT molecular complexity index is 464. The molecule has 0 bridgehead atoms. The van der Waals surface area contributed by atoms with Gasteiger partial charge in [-0.25, -0.2) is 0 Å². The second-order valence-electron chi connectivity index (χ2n) is 5.24. The van der Waals surface area contributed by atoms with Crippen LogP contribution in [0.15, 0.2) is 24.3 Å². The smallest absolute Gasteiger partial charge is 0.239 e. The molecule has 0 aliphatic carbocycles. The summed E-state index contributed by atoms with van der Waals surface area (Å²) in [7, 11) is 1.79. The second-order valence-corrected chi connectivity index (χ2v) is 5.24. The zero-order valence-electron chi connectivity index (χ0n) is 12.0. The molecule has 5 nitrogen and oxygen atoms in total. The number of para-hydroxylation sites is 1. The fourth-order valence-electron chi connectivity index (χ4n) is 2.25. The first kappa shape index (κ1) is 14.8. The molecular weight excluding hydrogens is 256 g/mol. The number of hydrogen-bond donors (Lipinski definition) is 2. The molecule has 1 aliphatic rings. The number of carbonyl (C=O) groups excluding carboxylic acids is 1. The average Bonchev–Trinajstić information content (AvgIpc) is 2.76. The number of aliphatic hydroxyl groups is 1. The molecular formula is C15H22N2O3. The number of aliphatic hydroxyl groups excluding tert-OH is 1. The van der Waals surface area contributed by atoms with Crippen LogP contribution in [0.3, 0.4) is 0 Å². The van der Waals surface area contributed by atoms with Crippen molar-refractivity contribution < 1.29 is 14.6 Å². The van der Waals surface area contributed by atoms with Crippen LogP contribution in [0, 0.1) is 6.92 Å². The molecule has 2 unspecified atom stereocenters. The minimum atomic E-state index is -0.631. The molecule has 1 fully saturated rings. The zero-order valence-corrected chi connectivity index (χ0v) is 12.0. The van der Waals surface area contributed by atoms with Gasteiger partial charge in [-0.1, -0.05) is 18.2 Å². The molecule has 1 heterocycles. The van der Waals surface area contributed by atoms with Crippen molar-refractivity contribution in [3.8, 4) is 5.75 Å². The topological polar surface area (TPSA) is 61.8 Å². The summed E-state index contributed by atoms with van der Waals surface area (Å²) in [5, 5.41) is 13.0. The van der Waals surface area contributed by atoms with E-state index >= 15 is 0 Å². The van der Waals surface area contributed by atoms with Crippen molar-refractivity contribution in [1.29, 1.82) is 0 Å². The van der Waals surface area contributed by atoms with Crippen LogP contribution in [0.5, 0.6) is 5.75 Å². The minimum Gasteiger partial charge on any atom is -0.491 e. The molecule has 1 aromatic carbocycles. The predicted molar refractivity (Wildman–Crippen MR) is 76.7 cm³/mol. The van der Waals surface area contributed by atoms with E-state index in [-0.39, 0.29) is 18.6 Å². The summed E-state index contributed by atoms with van der Waals surface area (Å²) in [5.41, 5.74) is 1.04. The highest BCUT2D eigenvalue weighted by Gasteiger charge is 2.28. The average molecular weight is 278 g/mol. The molecule has 2 N–H and O–H groups in total. The third kappa shape index (κ3) is 3.71. The maximum atomic E-state index is 11.7. The number of ether oxygens (including phenoxy) is 1. The summed E-state index contributed by atoms with van der Waals surface area (Å²) in [4.78, 5) is 13.4. The molecule has 1 amide bonds. The number of carbonyl (C=O) groups is 1. The Balaban J connectivity index is 1.72. The van der Waals surface area contributed by atoms with Gasteiger partial charge in [0.15, 0.2) is 0 Å². The highest BCUT2D eigenvalue weighted by Crippen LogP contribution is 2.16. The molecule has 0 saturated carbocycles. The van der Waals surface area contributed by atoms with Crippen LogP contribution in [-0.2, 0) is 4.79 Å². The van der Waals surface area contributed by atoms with Crippen molar-refractivity contribution in [2.45, 2.75) is 25.5 Å². The molecule has 1 aliphatic heterocycles. The van der Waals surface area contributed by atoms with Crippen LogP contribution in [0.25, 0.3) is 0 Å². The first-order chi connectivity index (χ1) is 9.58. The highest BCUT2D eigenvalue weighted by molar-refractivity contribution is 5.83. The van der Waals surface area contributed by atoms with E-state index in [1.54, 1.807) is 11.9 Å². The summed E-state index contributed by atoms with van der Waals surface area (Å²) < 4.78 is 5.58. The van der Waals surface area contributed by atoms with Crippen molar-refractivity contribution in [2.75, 3.05) is 26.7 Å². The third-order valence-corrected chi connectivity index (χ3v) is 3.55. The molecule has 1 aromatic rings. The molecule has 5 heteroatoms. The largest absolute Gasteiger partial charge is 0.491 e. The molecule has 0 spiro atoms. The van der Waals surface area contributed by atoms with Crippen LogP contribution < -0.4 is 10.1 Å². The first-order valence-corrected chi connectivity index (χ1v) is 6.93. The number of nitrogens with zero attached hydrogens (tertiary/aromatic N) is 1. The van der Waals surface area contributed by atoms with Crippen LogP contribution in [0.2, 0.25) is 0 Å². The normalized spacial score (nSPS) is 20.2. The summed E-state index contributed by atoms with van der Waals surface area (Å²) in [6.45, 7) is 3.31. The maximum absolute atomic E-state index is 11.7. The Labute approximate surface area is 119 Å². The van der Waals surface area contributed by atoms with Gasteiger partial charge in [0, 0.05) is 20.1 Å². The summed E-state index contributed by atoms with van der Waals surface area (Å²) in [6.07, 6.45) is 0.161. The molecule has 2 atom stereocenters. The van der Waals surface area contributed by atoms with E-state index in [0.29, 0.717) is 6.54 Å².